The lowest BCUT2D eigenvalue weighted by molar-refractivity contribution is -0.126. The van der Waals surface area contributed by atoms with Gasteiger partial charge in [0.15, 0.2) is 0 Å². The summed E-state index contributed by atoms with van der Waals surface area (Å²) in [6.07, 6.45) is 1.96. The number of nitrogens with zero attached hydrogens (tertiary/aromatic N) is 1. The van der Waals surface area contributed by atoms with Gasteiger partial charge in [-0.25, -0.2) is 0 Å². The maximum Gasteiger partial charge on any atom is 0.235 e. The third kappa shape index (κ3) is 1.64. The van der Waals surface area contributed by atoms with Gasteiger partial charge in [-0.3, -0.25) is 4.79 Å². The Morgan fingerprint density at radius 1 is 1.82 bits per heavy atom. The van der Waals surface area contributed by atoms with Crippen LogP contribution in [0.4, 0.5) is 0 Å². The Labute approximate surface area is 76.3 Å². The largest absolute Gasteiger partial charge is 0.344 e. The molecule has 0 aliphatic carbocycles. The monoisotopic (exact) mass is 193 g/mol. The molecule has 2 atom stereocenters. The van der Waals surface area contributed by atoms with Crippen molar-refractivity contribution < 1.29 is 4.79 Å². The van der Waals surface area contributed by atoms with E-state index < -0.39 is 0 Å². The molecule has 1 heterocycles. The van der Waals surface area contributed by atoms with E-state index in [0.29, 0.717) is 11.8 Å². The maximum atomic E-state index is 11.4. The van der Waals surface area contributed by atoms with E-state index in [4.69, 9.17) is 11.6 Å². The third-order valence-electron chi connectivity index (χ3n) is 2.01. The molecule has 0 unspecified atom stereocenters. The molecule has 0 N–H and O–H groups in total. The van der Waals surface area contributed by atoms with E-state index in [9.17, 15) is 4.79 Å². The van der Waals surface area contributed by atoms with Crippen molar-refractivity contribution in [1.29, 1.82) is 0 Å². The fraction of sp³-hybridized carbons (Fsp3) is 0.857. The summed E-state index contributed by atoms with van der Waals surface area (Å²) in [6.45, 7) is 0.813. The van der Waals surface area contributed by atoms with Crippen molar-refractivity contribution in [2.75, 3.05) is 25.7 Å². The van der Waals surface area contributed by atoms with E-state index in [1.54, 1.807) is 16.7 Å². The van der Waals surface area contributed by atoms with Gasteiger partial charge in [0.25, 0.3) is 0 Å². The van der Waals surface area contributed by atoms with Gasteiger partial charge in [0.05, 0.1) is 5.25 Å². The summed E-state index contributed by atoms with van der Waals surface area (Å²) in [6, 6.07) is 0. The van der Waals surface area contributed by atoms with Crippen molar-refractivity contribution in [3.05, 3.63) is 0 Å². The molecule has 0 aromatic carbocycles. The number of thioether (sulfide) groups is 1. The lowest BCUT2D eigenvalue weighted by Gasteiger charge is -2.09. The number of hydrogen-bond acceptors (Lipinski definition) is 2. The van der Waals surface area contributed by atoms with Crippen LogP contribution in [0.1, 0.15) is 0 Å². The van der Waals surface area contributed by atoms with Gasteiger partial charge in [-0.15, -0.1) is 11.6 Å². The molecule has 1 saturated heterocycles. The number of amides is 1. The smallest absolute Gasteiger partial charge is 0.235 e. The zero-order valence-corrected chi connectivity index (χ0v) is 8.28. The number of likely N-dealkylation sites (tertiary alicyclic amines) is 1. The Morgan fingerprint density at radius 3 is 2.82 bits per heavy atom. The predicted molar refractivity (Wildman–Crippen MR) is 49.2 cm³/mol. The Bertz CT molecular complexity index is 165. The van der Waals surface area contributed by atoms with E-state index in [1.165, 1.54) is 0 Å². The molecule has 4 heteroatoms. The molecule has 1 rings (SSSR count). The Hall–Kier alpha value is 0.110. The first kappa shape index (κ1) is 9.20. The first-order valence-corrected chi connectivity index (χ1v) is 5.36. The fourth-order valence-corrected chi connectivity index (χ4v) is 2.71. The van der Waals surface area contributed by atoms with Crippen molar-refractivity contribution in [1.82, 2.24) is 4.90 Å². The minimum atomic E-state index is 0.0949. The summed E-state index contributed by atoms with van der Waals surface area (Å²) in [7, 11) is 1.83. The summed E-state index contributed by atoms with van der Waals surface area (Å²) in [4.78, 5) is 13.1. The summed E-state index contributed by atoms with van der Waals surface area (Å²) in [5, 5.41) is 0.0949. The van der Waals surface area contributed by atoms with Crippen LogP contribution in [0, 0.1) is 5.92 Å². The maximum absolute atomic E-state index is 11.4. The van der Waals surface area contributed by atoms with E-state index in [1.807, 2.05) is 13.3 Å². The van der Waals surface area contributed by atoms with E-state index in [2.05, 4.69) is 0 Å². The second kappa shape index (κ2) is 3.68. The second-order valence-electron chi connectivity index (χ2n) is 2.79. The van der Waals surface area contributed by atoms with Gasteiger partial charge < -0.3 is 4.90 Å². The van der Waals surface area contributed by atoms with Crippen molar-refractivity contribution in [3.8, 4) is 0 Å². The molecule has 64 valence electrons. The van der Waals surface area contributed by atoms with E-state index in [-0.39, 0.29) is 11.2 Å². The molecule has 1 aliphatic rings. The number of carbonyl (C=O) groups excluding carboxylic acids is 1. The van der Waals surface area contributed by atoms with Gasteiger partial charge in [0.2, 0.25) is 5.91 Å². The molecule has 0 radical (unpaired) electrons. The van der Waals surface area contributed by atoms with Crippen LogP contribution in [-0.2, 0) is 4.79 Å². The number of halogens is 1. The van der Waals surface area contributed by atoms with Crippen LogP contribution < -0.4 is 0 Å². The molecule has 11 heavy (non-hydrogen) atoms. The van der Waals surface area contributed by atoms with Crippen LogP contribution in [-0.4, -0.2) is 41.8 Å². The van der Waals surface area contributed by atoms with Gasteiger partial charge in [-0.05, 0) is 6.26 Å². The van der Waals surface area contributed by atoms with Crippen LogP contribution in [0.15, 0.2) is 0 Å². The SMILES string of the molecule is CS[C@H]1C(=O)N(C)C[C@@H]1CCl. The van der Waals surface area contributed by atoms with Crippen molar-refractivity contribution in [3.63, 3.8) is 0 Å². The van der Waals surface area contributed by atoms with Crippen molar-refractivity contribution in [2.24, 2.45) is 5.92 Å². The summed E-state index contributed by atoms with van der Waals surface area (Å²) in [5.74, 6) is 1.15. The molecule has 2 nitrogen and oxygen atoms in total. The average molecular weight is 194 g/mol. The summed E-state index contributed by atoms with van der Waals surface area (Å²) < 4.78 is 0. The van der Waals surface area contributed by atoms with Crippen LogP contribution in [0.3, 0.4) is 0 Å². The van der Waals surface area contributed by atoms with Crippen molar-refractivity contribution >= 4 is 29.3 Å². The van der Waals surface area contributed by atoms with Crippen LogP contribution >= 0.6 is 23.4 Å². The quantitative estimate of drug-likeness (QED) is 0.611. The number of rotatable bonds is 2. The Kier molecular flexibility index (Phi) is 3.07. The van der Waals surface area contributed by atoms with Crippen LogP contribution in [0.5, 0.6) is 0 Å². The highest BCUT2D eigenvalue weighted by Gasteiger charge is 2.37. The minimum absolute atomic E-state index is 0.0949. The van der Waals surface area contributed by atoms with Gasteiger partial charge in [0.1, 0.15) is 0 Å². The topological polar surface area (TPSA) is 20.3 Å². The Morgan fingerprint density at radius 2 is 2.45 bits per heavy atom. The van der Waals surface area contributed by atoms with Gasteiger partial charge in [0, 0.05) is 25.4 Å². The molecule has 0 spiro atoms. The van der Waals surface area contributed by atoms with Gasteiger partial charge in [-0.1, -0.05) is 0 Å². The molecule has 0 aromatic rings. The highest BCUT2D eigenvalue weighted by atomic mass is 35.5. The predicted octanol–water partition coefficient (Wildman–Crippen LogP) is 1.04. The Balaban J connectivity index is 2.64. The lowest BCUT2D eigenvalue weighted by Crippen LogP contribution is -2.24. The molecule has 1 fully saturated rings. The highest BCUT2D eigenvalue weighted by Crippen LogP contribution is 2.27. The molecule has 0 aromatic heterocycles. The normalized spacial score (nSPS) is 31.5. The zero-order chi connectivity index (χ0) is 8.43. The van der Waals surface area contributed by atoms with Crippen LogP contribution in [0.2, 0.25) is 0 Å². The first-order chi connectivity index (χ1) is 5.20. The van der Waals surface area contributed by atoms with Gasteiger partial charge in [-0.2, -0.15) is 11.8 Å². The second-order valence-corrected chi connectivity index (χ2v) is 4.08. The standard InChI is InChI=1S/C7H12ClNOS/c1-9-4-5(3-8)6(11-2)7(9)10/h5-6H,3-4H2,1-2H3/t5-,6+/m0/s1. The minimum Gasteiger partial charge on any atom is -0.344 e. The van der Waals surface area contributed by atoms with E-state index >= 15 is 0 Å². The summed E-state index contributed by atoms with van der Waals surface area (Å²) >= 11 is 7.32. The number of carbonyl (C=O) groups is 1. The molecule has 0 bridgehead atoms. The summed E-state index contributed by atoms with van der Waals surface area (Å²) in [5.41, 5.74) is 0. The number of alkyl halides is 1. The number of hydrogen-bond donors (Lipinski definition) is 0. The van der Waals surface area contributed by atoms with Gasteiger partial charge >= 0.3 is 0 Å². The molecule has 1 aliphatic heterocycles. The first-order valence-electron chi connectivity index (χ1n) is 3.54. The zero-order valence-electron chi connectivity index (χ0n) is 6.71. The third-order valence-corrected chi connectivity index (χ3v) is 3.50. The lowest BCUT2D eigenvalue weighted by atomic mass is 10.1. The van der Waals surface area contributed by atoms with E-state index in [0.717, 1.165) is 6.54 Å². The average Bonchev–Trinajstić information content (AvgIpc) is 2.28. The molecule has 0 saturated carbocycles. The van der Waals surface area contributed by atoms with Crippen LogP contribution in [0.25, 0.3) is 0 Å². The highest BCUT2D eigenvalue weighted by molar-refractivity contribution is 7.99. The van der Waals surface area contributed by atoms with Crippen molar-refractivity contribution in [2.45, 2.75) is 5.25 Å². The molecular weight excluding hydrogens is 182 g/mol. The fourth-order valence-electron chi connectivity index (χ4n) is 1.38. The molecule has 1 amide bonds. The molecular formula is C7H12ClNOS.